The van der Waals surface area contributed by atoms with Crippen molar-refractivity contribution in [3.63, 3.8) is 0 Å². The van der Waals surface area contributed by atoms with E-state index in [1.807, 2.05) is 0 Å². The molecule has 2 amide bonds. The topological polar surface area (TPSA) is 67.6 Å². The van der Waals surface area contributed by atoms with Crippen LogP contribution in [0.2, 0.25) is 0 Å². The van der Waals surface area contributed by atoms with Gasteiger partial charge < -0.3 is 20.7 Å². The maximum atomic E-state index is 11.7. The molecule has 0 bridgehead atoms. The summed E-state index contributed by atoms with van der Waals surface area (Å²) in [5.41, 5.74) is 5.50. The zero-order valence-electron chi connectivity index (χ0n) is 9.37. The fraction of sp³-hybridized carbons (Fsp3) is 0.900. The molecule has 0 saturated carbocycles. The average Bonchev–Trinajstić information content (AvgIpc) is 2.29. The molecule has 0 radical (unpaired) electrons. The van der Waals surface area contributed by atoms with Crippen LogP contribution >= 0.6 is 0 Å². The second kappa shape index (κ2) is 6.63. The Bertz CT molecular complexity index is 199. The minimum atomic E-state index is -0.00400. The molecule has 1 saturated heterocycles. The monoisotopic (exact) mass is 215 g/mol. The molecular formula is C10H21N3O2. The van der Waals surface area contributed by atoms with Gasteiger partial charge in [-0.3, -0.25) is 0 Å². The van der Waals surface area contributed by atoms with Crippen molar-refractivity contribution in [1.82, 2.24) is 10.2 Å². The Morgan fingerprint density at radius 3 is 3.13 bits per heavy atom. The van der Waals surface area contributed by atoms with Crippen molar-refractivity contribution in [2.45, 2.75) is 25.9 Å². The van der Waals surface area contributed by atoms with Crippen molar-refractivity contribution in [3.05, 3.63) is 0 Å². The van der Waals surface area contributed by atoms with Gasteiger partial charge in [-0.1, -0.05) is 13.3 Å². The maximum Gasteiger partial charge on any atom is 0.317 e. The van der Waals surface area contributed by atoms with Crippen molar-refractivity contribution in [2.75, 3.05) is 32.8 Å². The summed E-state index contributed by atoms with van der Waals surface area (Å²) in [7, 11) is 0. The number of ether oxygens (including phenoxy) is 1. The summed E-state index contributed by atoms with van der Waals surface area (Å²) in [6, 6.07) is 0.00481. The quantitative estimate of drug-likeness (QED) is 0.656. The molecule has 0 aromatic carbocycles. The molecule has 3 N–H and O–H groups in total. The first-order chi connectivity index (χ1) is 7.27. The number of carbonyl (C=O) groups is 1. The summed E-state index contributed by atoms with van der Waals surface area (Å²) in [5, 5.41) is 2.89. The first kappa shape index (κ1) is 12.3. The number of nitrogens with zero attached hydrogens (tertiary/aromatic N) is 1. The highest BCUT2D eigenvalue weighted by Gasteiger charge is 2.22. The summed E-state index contributed by atoms with van der Waals surface area (Å²) in [6.45, 7) is 5.18. The molecule has 1 atom stereocenters. The lowest BCUT2D eigenvalue weighted by Crippen LogP contribution is -2.51. The van der Waals surface area contributed by atoms with Crippen LogP contribution in [-0.4, -0.2) is 49.8 Å². The van der Waals surface area contributed by atoms with Crippen LogP contribution in [-0.2, 0) is 4.74 Å². The number of carbonyl (C=O) groups excluding carboxylic acids is 1. The lowest BCUT2D eigenvalue weighted by Gasteiger charge is -2.32. The summed E-state index contributed by atoms with van der Waals surface area (Å²) < 4.78 is 5.39. The van der Waals surface area contributed by atoms with Gasteiger partial charge in [0.05, 0.1) is 12.7 Å². The Kier molecular flexibility index (Phi) is 5.42. The fourth-order valence-corrected chi connectivity index (χ4v) is 1.53. The first-order valence-electron chi connectivity index (χ1n) is 5.62. The zero-order chi connectivity index (χ0) is 11.1. The molecule has 1 rings (SSSR count). The van der Waals surface area contributed by atoms with Crippen LogP contribution in [0, 0.1) is 0 Å². The van der Waals surface area contributed by atoms with Crippen LogP contribution in [0.25, 0.3) is 0 Å². The number of hydrogen-bond acceptors (Lipinski definition) is 3. The Balaban J connectivity index is 2.25. The Hall–Kier alpha value is -0.810. The maximum absolute atomic E-state index is 11.7. The van der Waals surface area contributed by atoms with Gasteiger partial charge in [-0.15, -0.1) is 0 Å². The molecule has 0 aromatic heterocycles. The summed E-state index contributed by atoms with van der Waals surface area (Å²) in [6.07, 6.45) is 2.11. The van der Waals surface area contributed by atoms with E-state index in [1.54, 1.807) is 4.90 Å². The highest BCUT2D eigenvalue weighted by atomic mass is 16.5. The number of urea groups is 1. The third-order valence-electron chi connectivity index (χ3n) is 2.50. The van der Waals surface area contributed by atoms with Crippen LogP contribution in [0.4, 0.5) is 4.79 Å². The van der Waals surface area contributed by atoms with Gasteiger partial charge in [-0.05, 0) is 6.42 Å². The molecule has 1 fully saturated rings. The third-order valence-corrected chi connectivity index (χ3v) is 2.50. The van der Waals surface area contributed by atoms with E-state index in [2.05, 4.69) is 12.2 Å². The van der Waals surface area contributed by atoms with E-state index in [0.29, 0.717) is 26.2 Å². The van der Waals surface area contributed by atoms with Crippen molar-refractivity contribution in [1.29, 1.82) is 0 Å². The number of morpholine rings is 1. The Morgan fingerprint density at radius 1 is 1.67 bits per heavy atom. The average molecular weight is 215 g/mol. The molecule has 1 unspecified atom stereocenters. The standard InChI is InChI=1S/C10H21N3O2/c1-2-3-4-12-10(14)13-5-6-15-9(7-11)8-13/h9H,2-8,11H2,1H3,(H,12,14). The summed E-state index contributed by atoms with van der Waals surface area (Å²) >= 11 is 0. The molecule has 0 spiro atoms. The molecule has 88 valence electrons. The van der Waals surface area contributed by atoms with Crippen LogP contribution in [0.3, 0.4) is 0 Å². The van der Waals surface area contributed by atoms with E-state index < -0.39 is 0 Å². The van der Waals surface area contributed by atoms with E-state index in [4.69, 9.17) is 10.5 Å². The number of nitrogens with one attached hydrogen (secondary N) is 1. The molecule has 5 nitrogen and oxygen atoms in total. The van der Waals surface area contributed by atoms with Gasteiger partial charge >= 0.3 is 6.03 Å². The molecule has 1 heterocycles. The van der Waals surface area contributed by atoms with E-state index in [-0.39, 0.29) is 12.1 Å². The fourth-order valence-electron chi connectivity index (χ4n) is 1.53. The van der Waals surface area contributed by atoms with E-state index in [1.165, 1.54) is 0 Å². The number of unbranched alkanes of at least 4 members (excludes halogenated alkanes) is 1. The molecule has 1 aliphatic heterocycles. The minimum absolute atomic E-state index is 0.00400. The van der Waals surface area contributed by atoms with Crippen LogP contribution in [0.5, 0.6) is 0 Å². The van der Waals surface area contributed by atoms with E-state index in [0.717, 1.165) is 19.4 Å². The van der Waals surface area contributed by atoms with Crippen LogP contribution in [0.1, 0.15) is 19.8 Å². The van der Waals surface area contributed by atoms with Crippen molar-refractivity contribution >= 4 is 6.03 Å². The van der Waals surface area contributed by atoms with Gasteiger partial charge in [0.15, 0.2) is 0 Å². The number of rotatable bonds is 4. The highest BCUT2D eigenvalue weighted by Crippen LogP contribution is 2.03. The third kappa shape index (κ3) is 4.05. The zero-order valence-corrected chi connectivity index (χ0v) is 9.37. The minimum Gasteiger partial charge on any atom is -0.373 e. The smallest absolute Gasteiger partial charge is 0.317 e. The summed E-state index contributed by atoms with van der Waals surface area (Å²) in [5.74, 6) is 0. The molecular weight excluding hydrogens is 194 g/mol. The predicted molar refractivity (Wildman–Crippen MR) is 58.7 cm³/mol. The molecule has 0 aromatic rings. The van der Waals surface area contributed by atoms with Gasteiger partial charge in [-0.25, -0.2) is 4.79 Å². The second-order valence-electron chi connectivity index (χ2n) is 3.76. The largest absolute Gasteiger partial charge is 0.373 e. The lowest BCUT2D eigenvalue weighted by atomic mass is 10.3. The molecule has 0 aliphatic carbocycles. The normalized spacial score (nSPS) is 21.5. The number of hydrogen-bond donors (Lipinski definition) is 2. The Morgan fingerprint density at radius 2 is 2.47 bits per heavy atom. The van der Waals surface area contributed by atoms with E-state index in [9.17, 15) is 4.79 Å². The van der Waals surface area contributed by atoms with Gasteiger partial charge in [0.25, 0.3) is 0 Å². The van der Waals surface area contributed by atoms with Crippen molar-refractivity contribution < 1.29 is 9.53 Å². The van der Waals surface area contributed by atoms with Crippen LogP contribution < -0.4 is 11.1 Å². The number of amides is 2. The molecule has 5 heteroatoms. The van der Waals surface area contributed by atoms with Crippen LogP contribution in [0.15, 0.2) is 0 Å². The number of nitrogens with two attached hydrogens (primary N) is 1. The predicted octanol–water partition coefficient (Wildman–Crippen LogP) is 0.156. The second-order valence-corrected chi connectivity index (χ2v) is 3.76. The van der Waals surface area contributed by atoms with Gasteiger partial charge in [-0.2, -0.15) is 0 Å². The van der Waals surface area contributed by atoms with Crippen molar-refractivity contribution in [3.8, 4) is 0 Å². The van der Waals surface area contributed by atoms with Crippen molar-refractivity contribution in [2.24, 2.45) is 5.73 Å². The van der Waals surface area contributed by atoms with Gasteiger partial charge in [0, 0.05) is 26.2 Å². The van der Waals surface area contributed by atoms with Gasteiger partial charge in [0.2, 0.25) is 0 Å². The molecule has 15 heavy (non-hydrogen) atoms. The SMILES string of the molecule is CCCCNC(=O)N1CCOC(CN)C1. The first-order valence-corrected chi connectivity index (χ1v) is 5.62. The Labute approximate surface area is 90.9 Å². The molecule has 1 aliphatic rings. The lowest BCUT2D eigenvalue weighted by molar-refractivity contribution is -0.00857. The summed E-state index contributed by atoms with van der Waals surface area (Å²) in [4.78, 5) is 13.4. The van der Waals surface area contributed by atoms with Gasteiger partial charge in [0.1, 0.15) is 0 Å². The van der Waals surface area contributed by atoms with E-state index >= 15 is 0 Å². The highest BCUT2D eigenvalue weighted by molar-refractivity contribution is 5.74.